The fourth-order valence-electron chi connectivity index (χ4n) is 7.26. The molecule has 60 heavy (non-hydrogen) atoms. The van der Waals surface area contributed by atoms with E-state index in [1.54, 1.807) is 0 Å². The molecule has 0 rings (SSSR count). The molecule has 0 radical (unpaired) electrons. The molecule has 0 aromatic carbocycles. The Morgan fingerprint density at radius 2 is 0.667 bits per heavy atom. The van der Waals surface area contributed by atoms with E-state index in [0.29, 0.717) is 19.3 Å². The Kier molecular flexibility index (Phi) is 46.9. The van der Waals surface area contributed by atoms with Gasteiger partial charge < -0.3 is 14.2 Å². The highest BCUT2D eigenvalue weighted by Gasteiger charge is 2.19. The summed E-state index contributed by atoms with van der Waals surface area (Å²) >= 11 is 0. The molecule has 0 saturated carbocycles. The maximum atomic E-state index is 12.8. The van der Waals surface area contributed by atoms with Gasteiger partial charge in [0.05, 0.1) is 0 Å². The Morgan fingerprint density at radius 3 is 1.08 bits per heavy atom. The van der Waals surface area contributed by atoms with E-state index in [2.05, 4.69) is 69.4 Å². The summed E-state index contributed by atoms with van der Waals surface area (Å²) in [6, 6.07) is 0. The zero-order chi connectivity index (χ0) is 43.7. The van der Waals surface area contributed by atoms with Gasteiger partial charge in [0, 0.05) is 19.3 Å². The summed E-state index contributed by atoms with van der Waals surface area (Å²) in [5.74, 6) is -0.892. The molecule has 0 aliphatic rings. The lowest BCUT2D eigenvalue weighted by molar-refractivity contribution is -0.167. The predicted molar refractivity (Wildman–Crippen MR) is 256 cm³/mol. The lowest BCUT2D eigenvalue weighted by Crippen LogP contribution is -2.30. The molecular weight excluding hydrogens is 745 g/mol. The Bertz CT molecular complexity index is 1060. The Hall–Kier alpha value is -2.63. The van der Waals surface area contributed by atoms with E-state index in [-0.39, 0.29) is 31.1 Å². The number of rotatable bonds is 46. The fourth-order valence-corrected chi connectivity index (χ4v) is 7.26. The van der Waals surface area contributed by atoms with Gasteiger partial charge in [-0.1, -0.05) is 223 Å². The van der Waals surface area contributed by atoms with Crippen LogP contribution in [-0.4, -0.2) is 37.2 Å². The van der Waals surface area contributed by atoms with Crippen LogP contribution in [0, 0.1) is 0 Å². The van der Waals surface area contributed by atoms with Crippen molar-refractivity contribution >= 4 is 17.9 Å². The number of ether oxygens (including phenoxy) is 3. The van der Waals surface area contributed by atoms with Crippen molar-refractivity contribution in [2.45, 2.75) is 264 Å². The third kappa shape index (κ3) is 46.4. The number of hydrogen-bond donors (Lipinski definition) is 0. The number of carbonyl (C=O) groups is 3. The number of unbranched alkanes of at least 4 members (excludes halogenated alkanes) is 29. The molecule has 6 nitrogen and oxygen atoms in total. The van der Waals surface area contributed by atoms with Gasteiger partial charge in [0.1, 0.15) is 13.2 Å². The van der Waals surface area contributed by atoms with E-state index >= 15 is 0 Å². The molecule has 0 N–H and O–H groups in total. The van der Waals surface area contributed by atoms with Gasteiger partial charge in [-0.15, -0.1) is 0 Å². The summed E-state index contributed by atoms with van der Waals surface area (Å²) in [6.45, 7) is 6.48. The molecule has 0 bridgehead atoms. The van der Waals surface area contributed by atoms with Crippen molar-refractivity contribution in [1.82, 2.24) is 0 Å². The normalized spacial score (nSPS) is 12.4. The van der Waals surface area contributed by atoms with Gasteiger partial charge >= 0.3 is 17.9 Å². The lowest BCUT2D eigenvalue weighted by Gasteiger charge is -2.18. The third-order valence-corrected chi connectivity index (χ3v) is 11.1. The number of allylic oxidation sites excluding steroid dienone is 8. The van der Waals surface area contributed by atoms with Crippen molar-refractivity contribution in [2.75, 3.05) is 13.2 Å². The zero-order valence-corrected chi connectivity index (χ0v) is 39.7. The minimum Gasteiger partial charge on any atom is -0.462 e. The predicted octanol–water partition coefficient (Wildman–Crippen LogP) is 16.7. The molecule has 0 amide bonds. The van der Waals surface area contributed by atoms with Gasteiger partial charge in [-0.05, 0) is 64.2 Å². The van der Waals surface area contributed by atoms with Gasteiger partial charge in [-0.3, -0.25) is 14.4 Å². The van der Waals surface area contributed by atoms with E-state index in [9.17, 15) is 14.4 Å². The average molecular weight is 841 g/mol. The summed E-state index contributed by atoms with van der Waals surface area (Å²) < 4.78 is 16.8. The minimum absolute atomic E-state index is 0.0793. The van der Waals surface area contributed by atoms with Crippen LogP contribution >= 0.6 is 0 Å². The van der Waals surface area contributed by atoms with Crippen LogP contribution in [0.1, 0.15) is 258 Å². The van der Waals surface area contributed by atoms with Crippen LogP contribution in [0.4, 0.5) is 0 Å². The second-order valence-electron chi connectivity index (χ2n) is 17.1. The monoisotopic (exact) mass is 841 g/mol. The van der Waals surface area contributed by atoms with Crippen molar-refractivity contribution < 1.29 is 28.6 Å². The Morgan fingerprint density at radius 1 is 0.350 bits per heavy atom. The van der Waals surface area contributed by atoms with E-state index < -0.39 is 6.10 Å². The molecule has 1 atom stereocenters. The fraction of sp³-hybridized carbons (Fsp3) is 0.796. The highest BCUT2D eigenvalue weighted by molar-refractivity contribution is 5.71. The van der Waals surface area contributed by atoms with Crippen molar-refractivity contribution in [3.05, 3.63) is 48.6 Å². The first-order chi connectivity index (χ1) is 29.5. The van der Waals surface area contributed by atoms with Crippen molar-refractivity contribution in [1.29, 1.82) is 0 Å². The quantitative estimate of drug-likeness (QED) is 0.0200. The van der Waals surface area contributed by atoms with Crippen LogP contribution < -0.4 is 0 Å². The van der Waals surface area contributed by atoms with Crippen LogP contribution in [0.25, 0.3) is 0 Å². The molecule has 348 valence electrons. The molecule has 0 fully saturated rings. The molecule has 0 heterocycles. The van der Waals surface area contributed by atoms with Crippen LogP contribution in [0.5, 0.6) is 0 Å². The molecule has 0 aromatic heterocycles. The van der Waals surface area contributed by atoms with E-state index in [1.807, 2.05) is 0 Å². The summed E-state index contributed by atoms with van der Waals surface area (Å²) in [7, 11) is 0. The largest absolute Gasteiger partial charge is 0.462 e. The van der Waals surface area contributed by atoms with Gasteiger partial charge in [-0.25, -0.2) is 0 Å². The maximum absolute atomic E-state index is 12.8. The van der Waals surface area contributed by atoms with Crippen LogP contribution in [-0.2, 0) is 28.6 Å². The van der Waals surface area contributed by atoms with Crippen LogP contribution in [0.2, 0.25) is 0 Å². The first-order valence-electron chi connectivity index (χ1n) is 25.7. The number of carbonyl (C=O) groups excluding carboxylic acids is 3. The molecule has 0 spiro atoms. The third-order valence-electron chi connectivity index (χ3n) is 11.1. The van der Waals surface area contributed by atoms with Crippen LogP contribution in [0.3, 0.4) is 0 Å². The molecule has 0 aliphatic carbocycles. The summed E-state index contributed by atoms with van der Waals surface area (Å²) in [6.07, 6.45) is 58.0. The second-order valence-corrected chi connectivity index (χ2v) is 17.1. The molecular formula is C54H96O6. The van der Waals surface area contributed by atoms with Gasteiger partial charge in [0.2, 0.25) is 0 Å². The van der Waals surface area contributed by atoms with Crippen molar-refractivity contribution in [3.63, 3.8) is 0 Å². The summed E-state index contributed by atoms with van der Waals surface area (Å²) in [4.78, 5) is 37.9. The Labute approximate surface area is 371 Å². The Balaban J connectivity index is 4.38. The van der Waals surface area contributed by atoms with Crippen LogP contribution in [0.15, 0.2) is 48.6 Å². The topological polar surface area (TPSA) is 78.9 Å². The van der Waals surface area contributed by atoms with Gasteiger partial charge in [-0.2, -0.15) is 0 Å². The first-order valence-corrected chi connectivity index (χ1v) is 25.7. The number of hydrogen-bond acceptors (Lipinski definition) is 6. The minimum atomic E-state index is -0.777. The smallest absolute Gasteiger partial charge is 0.306 e. The molecule has 0 aromatic rings. The lowest BCUT2D eigenvalue weighted by atomic mass is 10.0. The molecule has 0 aliphatic heterocycles. The van der Waals surface area contributed by atoms with Crippen molar-refractivity contribution in [2.24, 2.45) is 0 Å². The zero-order valence-electron chi connectivity index (χ0n) is 39.7. The average Bonchev–Trinajstić information content (AvgIpc) is 3.24. The molecule has 0 saturated heterocycles. The maximum Gasteiger partial charge on any atom is 0.306 e. The van der Waals surface area contributed by atoms with E-state index in [0.717, 1.165) is 77.0 Å². The molecule has 6 heteroatoms. The highest BCUT2D eigenvalue weighted by atomic mass is 16.6. The van der Waals surface area contributed by atoms with E-state index in [1.165, 1.54) is 141 Å². The number of esters is 3. The highest BCUT2D eigenvalue weighted by Crippen LogP contribution is 2.16. The van der Waals surface area contributed by atoms with Gasteiger partial charge in [0.15, 0.2) is 6.10 Å². The first kappa shape index (κ1) is 57.4. The van der Waals surface area contributed by atoms with Crippen molar-refractivity contribution in [3.8, 4) is 0 Å². The summed E-state index contributed by atoms with van der Waals surface area (Å²) in [5.41, 5.74) is 0. The van der Waals surface area contributed by atoms with Gasteiger partial charge in [0.25, 0.3) is 0 Å². The second kappa shape index (κ2) is 49.0. The molecule has 1 unspecified atom stereocenters. The standard InChI is InChI=1S/C54H96O6/c1-4-7-10-13-16-19-22-25-27-29-32-35-38-41-44-47-53(56)59-50-51(49-58-52(55)46-43-40-37-34-31-24-21-18-15-12-9-6-3)60-54(57)48-45-42-39-36-33-30-28-26-23-20-17-14-11-8-5-2/h7,10,13,16,18-19,21-22,51H,4-6,8-9,11-12,14-15,17,20,23-50H2,1-3H3/b10-7-,16-13-,21-18-,22-19-. The summed E-state index contributed by atoms with van der Waals surface area (Å²) in [5, 5.41) is 0. The SMILES string of the molecule is CC\C=C/C=C\C=C/CCCCCCCCCC(=O)OCC(COC(=O)CCCCCCC/C=C\CCCCC)OC(=O)CCCCCCCCCCCCCCCCC. The van der Waals surface area contributed by atoms with E-state index in [4.69, 9.17) is 14.2 Å².